The molecular formula is C19H24N2O4. The second kappa shape index (κ2) is 7.42. The van der Waals surface area contributed by atoms with Crippen LogP contribution in [0.1, 0.15) is 39.2 Å². The van der Waals surface area contributed by atoms with E-state index in [1.165, 1.54) is 7.11 Å². The number of rotatable bonds is 4. The monoisotopic (exact) mass is 344 g/mol. The van der Waals surface area contributed by atoms with E-state index >= 15 is 0 Å². The number of hydrogen-bond acceptors (Lipinski definition) is 6. The molecule has 0 spiro atoms. The third-order valence-electron chi connectivity index (χ3n) is 3.97. The summed E-state index contributed by atoms with van der Waals surface area (Å²) in [6, 6.07) is 7.12. The lowest BCUT2D eigenvalue weighted by molar-refractivity contribution is -0.143. The largest absolute Gasteiger partial charge is 0.466 e. The molecule has 25 heavy (non-hydrogen) atoms. The molecule has 1 heterocycles. The summed E-state index contributed by atoms with van der Waals surface area (Å²) >= 11 is 0. The Morgan fingerprint density at radius 2 is 1.72 bits per heavy atom. The minimum absolute atomic E-state index is 0.275. The highest BCUT2D eigenvalue weighted by Gasteiger charge is 2.38. The Labute approximate surface area is 147 Å². The first-order valence-corrected chi connectivity index (χ1v) is 8.09. The van der Waals surface area contributed by atoms with Crippen molar-refractivity contribution in [2.45, 2.75) is 39.7 Å². The van der Waals surface area contributed by atoms with E-state index in [0.29, 0.717) is 28.2 Å². The number of allylic oxidation sites excluding steroid dienone is 2. The predicted octanol–water partition coefficient (Wildman–Crippen LogP) is 2.63. The van der Waals surface area contributed by atoms with Crippen LogP contribution in [0.4, 0.5) is 5.69 Å². The van der Waals surface area contributed by atoms with E-state index in [4.69, 9.17) is 15.2 Å². The number of nitrogens with two attached hydrogens (primary N) is 1. The van der Waals surface area contributed by atoms with Gasteiger partial charge in [-0.2, -0.15) is 0 Å². The average Bonchev–Trinajstić information content (AvgIpc) is 2.52. The van der Waals surface area contributed by atoms with Crippen LogP contribution < -0.4 is 11.1 Å². The molecule has 6 nitrogen and oxygen atoms in total. The van der Waals surface area contributed by atoms with Crippen molar-refractivity contribution in [3.05, 3.63) is 52.4 Å². The highest BCUT2D eigenvalue weighted by Crippen LogP contribution is 2.39. The molecule has 0 fully saturated rings. The fraction of sp³-hybridized carbons (Fsp3) is 0.368. The summed E-state index contributed by atoms with van der Waals surface area (Å²) < 4.78 is 10.3. The molecule has 0 aliphatic carbocycles. The number of hydrogen-bond donors (Lipinski definition) is 2. The second-order valence-electron chi connectivity index (χ2n) is 6.25. The standard InChI is InChI=1S/C19H24N2O4/c1-10(2)25-19(23)16-12(4)21-11(3)15(18(22)24-5)17(16)13-7-6-8-14(20)9-13/h6-10,17,21H,20H2,1-5H3. The van der Waals surface area contributed by atoms with E-state index in [-0.39, 0.29) is 6.10 Å². The van der Waals surface area contributed by atoms with E-state index in [9.17, 15) is 9.59 Å². The first kappa shape index (κ1) is 18.6. The predicted molar refractivity (Wildman–Crippen MR) is 95.4 cm³/mol. The van der Waals surface area contributed by atoms with Crippen molar-refractivity contribution in [1.82, 2.24) is 5.32 Å². The highest BCUT2D eigenvalue weighted by atomic mass is 16.5. The Kier molecular flexibility index (Phi) is 5.51. The second-order valence-corrected chi connectivity index (χ2v) is 6.25. The van der Waals surface area contributed by atoms with Gasteiger partial charge in [0, 0.05) is 17.1 Å². The first-order valence-electron chi connectivity index (χ1n) is 8.09. The number of nitrogen functional groups attached to an aromatic ring is 1. The van der Waals surface area contributed by atoms with Crippen LogP contribution in [-0.4, -0.2) is 25.2 Å². The Bertz CT molecular complexity index is 762. The maximum absolute atomic E-state index is 12.7. The molecule has 0 saturated carbocycles. The van der Waals surface area contributed by atoms with Crippen molar-refractivity contribution in [2.75, 3.05) is 12.8 Å². The zero-order valence-electron chi connectivity index (χ0n) is 15.2. The van der Waals surface area contributed by atoms with Gasteiger partial charge in [0.2, 0.25) is 0 Å². The van der Waals surface area contributed by atoms with Crippen LogP contribution in [-0.2, 0) is 19.1 Å². The number of benzene rings is 1. The fourth-order valence-electron chi connectivity index (χ4n) is 2.99. The van der Waals surface area contributed by atoms with Gasteiger partial charge in [0.1, 0.15) is 0 Å². The van der Waals surface area contributed by atoms with Crippen molar-refractivity contribution in [1.29, 1.82) is 0 Å². The lowest BCUT2D eigenvalue weighted by atomic mass is 9.80. The molecule has 0 bridgehead atoms. The molecular weight excluding hydrogens is 320 g/mol. The number of nitrogens with one attached hydrogen (secondary N) is 1. The van der Waals surface area contributed by atoms with Gasteiger partial charge in [-0.1, -0.05) is 12.1 Å². The smallest absolute Gasteiger partial charge is 0.337 e. The van der Waals surface area contributed by atoms with Crippen LogP contribution in [0.15, 0.2) is 46.8 Å². The maximum atomic E-state index is 12.7. The normalized spacial score (nSPS) is 17.4. The number of dihydropyridines is 1. The molecule has 134 valence electrons. The third-order valence-corrected chi connectivity index (χ3v) is 3.97. The van der Waals surface area contributed by atoms with Crippen molar-refractivity contribution in [3.63, 3.8) is 0 Å². The van der Waals surface area contributed by atoms with Gasteiger partial charge in [-0.15, -0.1) is 0 Å². The van der Waals surface area contributed by atoms with Crippen LogP contribution in [0.5, 0.6) is 0 Å². The molecule has 1 aliphatic rings. The van der Waals surface area contributed by atoms with Crippen molar-refractivity contribution < 1.29 is 19.1 Å². The van der Waals surface area contributed by atoms with Gasteiger partial charge in [-0.05, 0) is 45.4 Å². The van der Waals surface area contributed by atoms with E-state index < -0.39 is 17.9 Å². The van der Waals surface area contributed by atoms with Gasteiger partial charge in [0.15, 0.2) is 0 Å². The summed E-state index contributed by atoms with van der Waals surface area (Å²) in [5.74, 6) is -1.58. The van der Waals surface area contributed by atoms with Crippen LogP contribution in [0.25, 0.3) is 0 Å². The number of methoxy groups -OCH3 is 1. The molecule has 0 aromatic heterocycles. The van der Waals surface area contributed by atoms with Crippen LogP contribution >= 0.6 is 0 Å². The van der Waals surface area contributed by atoms with Crippen molar-refractivity contribution in [3.8, 4) is 0 Å². The Morgan fingerprint density at radius 3 is 2.24 bits per heavy atom. The van der Waals surface area contributed by atoms with E-state index in [0.717, 1.165) is 5.56 Å². The van der Waals surface area contributed by atoms with E-state index in [2.05, 4.69) is 5.32 Å². The Hall–Kier alpha value is -2.76. The zero-order valence-corrected chi connectivity index (χ0v) is 15.2. The summed E-state index contributed by atoms with van der Waals surface area (Å²) in [4.78, 5) is 25.1. The molecule has 0 saturated heterocycles. The van der Waals surface area contributed by atoms with Gasteiger partial charge >= 0.3 is 11.9 Å². The first-order chi connectivity index (χ1) is 11.8. The van der Waals surface area contributed by atoms with Gasteiger partial charge < -0.3 is 20.5 Å². The Balaban J connectivity index is 2.65. The molecule has 6 heteroatoms. The number of anilines is 1. The Morgan fingerprint density at radius 1 is 1.12 bits per heavy atom. The number of esters is 2. The molecule has 2 rings (SSSR count). The molecule has 0 radical (unpaired) electrons. The minimum Gasteiger partial charge on any atom is -0.466 e. The van der Waals surface area contributed by atoms with Crippen LogP contribution in [0, 0.1) is 0 Å². The SMILES string of the molecule is COC(=O)C1=C(C)NC(C)=C(C(=O)OC(C)C)C1c1cccc(N)c1. The summed E-state index contributed by atoms with van der Waals surface area (Å²) in [7, 11) is 1.32. The molecule has 1 aromatic rings. The van der Waals surface area contributed by atoms with Crippen LogP contribution in [0.3, 0.4) is 0 Å². The topological polar surface area (TPSA) is 90.6 Å². The number of ether oxygens (including phenoxy) is 2. The lowest BCUT2D eigenvalue weighted by Crippen LogP contribution is -2.33. The maximum Gasteiger partial charge on any atom is 0.337 e. The highest BCUT2D eigenvalue weighted by molar-refractivity contribution is 6.00. The zero-order chi connectivity index (χ0) is 18.7. The lowest BCUT2D eigenvalue weighted by Gasteiger charge is -2.30. The van der Waals surface area contributed by atoms with Crippen molar-refractivity contribution >= 4 is 17.6 Å². The van der Waals surface area contributed by atoms with E-state index in [1.807, 2.05) is 6.07 Å². The molecule has 1 unspecified atom stereocenters. The summed E-state index contributed by atoms with van der Waals surface area (Å²) in [6.45, 7) is 7.12. The van der Waals surface area contributed by atoms with Crippen LogP contribution in [0.2, 0.25) is 0 Å². The van der Waals surface area contributed by atoms with Gasteiger partial charge in [-0.25, -0.2) is 9.59 Å². The third kappa shape index (κ3) is 3.84. The van der Waals surface area contributed by atoms with Gasteiger partial charge in [0.05, 0.1) is 30.3 Å². The molecule has 1 aromatic carbocycles. The summed E-state index contributed by atoms with van der Waals surface area (Å²) in [5, 5.41) is 3.09. The number of carbonyl (C=O) groups is 2. The molecule has 1 atom stereocenters. The summed E-state index contributed by atoms with van der Waals surface area (Å²) in [6.07, 6.45) is -0.275. The van der Waals surface area contributed by atoms with Gasteiger partial charge in [-0.3, -0.25) is 0 Å². The molecule has 0 amide bonds. The molecule has 3 N–H and O–H groups in total. The molecule has 1 aliphatic heterocycles. The van der Waals surface area contributed by atoms with E-state index in [1.54, 1.807) is 45.9 Å². The fourth-order valence-corrected chi connectivity index (χ4v) is 2.99. The minimum atomic E-state index is -0.608. The quantitative estimate of drug-likeness (QED) is 0.644. The van der Waals surface area contributed by atoms with Gasteiger partial charge in [0.25, 0.3) is 0 Å². The summed E-state index contributed by atoms with van der Waals surface area (Å²) in [5.41, 5.74) is 9.22. The number of carbonyl (C=O) groups excluding carboxylic acids is 2. The average molecular weight is 344 g/mol. The van der Waals surface area contributed by atoms with Crippen molar-refractivity contribution in [2.24, 2.45) is 0 Å².